The predicted octanol–water partition coefficient (Wildman–Crippen LogP) is 2.38. The molecule has 0 aliphatic heterocycles. The second-order valence-corrected chi connectivity index (χ2v) is 4.87. The van der Waals surface area contributed by atoms with Gasteiger partial charge < -0.3 is 10.0 Å². The fourth-order valence-electron chi connectivity index (χ4n) is 1.41. The van der Waals surface area contributed by atoms with Gasteiger partial charge in [-0.15, -0.1) is 11.3 Å². The Balaban J connectivity index is 2.27. The van der Waals surface area contributed by atoms with Gasteiger partial charge in [0.05, 0.1) is 0 Å². The lowest BCUT2D eigenvalue weighted by Gasteiger charge is -2.14. The van der Waals surface area contributed by atoms with Gasteiger partial charge in [0.15, 0.2) is 0 Å². The molecular weight excluding hydrogens is 234 g/mol. The molecule has 1 N–H and O–H groups in total. The van der Waals surface area contributed by atoms with Gasteiger partial charge in [-0.05, 0) is 36.8 Å². The van der Waals surface area contributed by atoms with Gasteiger partial charge in [-0.1, -0.05) is 6.07 Å². The number of aliphatic hydroxyl groups is 1. The van der Waals surface area contributed by atoms with Crippen molar-refractivity contribution in [3.05, 3.63) is 28.5 Å². The predicted molar refractivity (Wildman–Crippen MR) is 71.9 cm³/mol. The average Bonchev–Trinajstić information content (AvgIpc) is 2.84. The van der Waals surface area contributed by atoms with Crippen LogP contribution >= 0.6 is 11.3 Å². The molecule has 0 bridgehead atoms. The largest absolute Gasteiger partial charge is 0.396 e. The van der Waals surface area contributed by atoms with Crippen LogP contribution in [0.25, 0.3) is 6.08 Å². The van der Waals surface area contributed by atoms with Crippen LogP contribution < -0.4 is 0 Å². The number of amides is 1. The van der Waals surface area contributed by atoms with Gasteiger partial charge in [0.2, 0.25) is 5.91 Å². The van der Waals surface area contributed by atoms with E-state index < -0.39 is 0 Å². The molecule has 94 valence electrons. The topological polar surface area (TPSA) is 40.5 Å². The first kappa shape index (κ1) is 13.9. The van der Waals surface area contributed by atoms with Crippen LogP contribution in [0.1, 0.15) is 24.1 Å². The molecule has 17 heavy (non-hydrogen) atoms. The van der Waals surface area contributed by atoms with E-state index >= 15 is 0 Å². The number of carbonyl (C=O) groups is 1. The maximum Gasteiger partial charge on any atom is 0.246 e. The Hall–Kier alpha value is -1.13. The number of hydrogen-bond donors (Lipinski definition) is 1. The van der Waals surface area contributed by atoms with E-state index in [0.717, 1.165) is 30.7 Å². The number of aliphatic hydroxyl groups excluding tert-OH is 1. The second kappa shape index (κ2) is 8.03. The van der Waals surface area contributed by atoms with Crippen LogP contribution in [-0.4, -0.2) is 36.1 Å². The summed E-state index contributed by atoms with van der Waals surface area (Å²) < 4.78 is 0. The fraction of sp³-hybridized carbons (Fsp3) is 0.462. The van der Waals surface area contributed by atoms with Crippen LogP contribution in [0.2, 0.25) is 0 Å². The molecule has 1 heterocycles. The molecule has 0 unspecified atom stereocenters. The number of rotatable bonds is 7. The molecule has 1 rings (SSSR count). The van der Waals surface area contributed by atoms with Crippen molar-refractivity contribution in [3.8, 4) is 0 Å². The summed E-state index contributed by atoms with van der Waals surface area (Å²) in [7, 11) is 1.81. The normalized spacial score (nSPS) is 10.9. The van der Waals surface area contributed by atoms with E-state index in [1.54, 1.807) is 29.4 Å². The summed E-state index contributed by atoms with van der Waals surface area (Å²) in [6, 6.07) is 3.95. The Morgan fingerprint density at radius 1 is 1.47 bits per heavy atom. The lowest BCUT2D eigenvalue weighted by Crippen LogP contribution is -2.25. The summed E-state index contributed by atoms with van der Waals surface area (Å²) in [5.74, 6) is 0.0300. The molecular formula is C13H19NO2S. The van der Waals surface area contributed by atoms with E-state index in [2.05, 4.69) is 0 Å². The molecule has 0 spiro atoms. The third-order valence-electron chi connectivity index (χ3n) is 2.46. The molecule has 0 saturated heterocycles. The highest BCUT2D eigenvalue weighted by Crippen LogP contribution is 2.10. The first-order valence-electron chi connectivity index (χ1n) is 5.81. The van der Waals surface area contributed by atoms with Gasteiger partial charge in [0, 0.05) is 31.2 Å². The number of carbonyl (C=O) groups excluding carboxylic acids is 1. The first-order valence-corrected chi connectivity index (χ1v) is 6.69. The van der Waals surface area contributed by atoms with Crippen molar-refractivity contribution in [2.24, 2.45) is 0 Å². The molecule has 1 aromatic rings. The van der Waals surface area contributed by atoms with E-state index in [-0.39, 0.29) is 12.5 Å². The zero-order valence-electron chi connectivity index (χ0n) is 10.1. The van der Waals surface area contributed by atoms with E-state index in [1.165, 1.54) is 0 Å². The van der Waals surface area contributed by atoms with Crippen molar-refractivity contribution in [1.82, 2.24) is 4.90 Å². The lowest BCUT2D eigenvalue weighted by atomic mass is 10.2. The van der Waals surface area contributed by atoms with Crippen LogP contribution in [0, 0.1) is 0 Å². The summed E-state index contributed by atoms with van der Waals surface area (Å²) in [4.78, 5) is 14.5. The Kier molecular flexibility index (Phi) is 6.58. The molecule has 0 radical (unpaired) electrons. The molecule has 1 aromatic heterocycles. The van der Waals surface area contributed by atoms with Crippen molar-refractivity contribution in [2.45, 2.75) is 19.3 Å². The molecule has 0 fully saturated rings. The fourth-order valence-corrected chi connectivity index (χ4v) is 2.03. The Labute approximate surface area is 106 Å². The third kappa shape index (κ3) is 5.65. The Morgan fingerprint density at radius 3 is 2.94 bits per heavy atom. The number of thiophene rings is 1. The monoisotopic (exact) mass is 253 g/mol. The molecule has 1 amide bonds. The van der Waals surface area contributed by atoms with Crippen molar-refractivity contribution < 1.29 is 9.90 Å². The summed E-state index contributed by atoms with van der Waals surface area (Å²) in [5, 5.41) is 10.6. The van der Waals surface area contributed by atoms with Crippen LogP contribution in [0.15, 0.2) is 23.6 Å². The summed E-state index contributed by atoms with van der Waals surface area (Å²) >= 11 is 1.62. The minimum absolute atomic E-state index is 0.0300. The standard InChI is InChI=1S/C13H19NO2S/c1-14(9-3-2-4-10-15)13(16)8-7-12-6-5-11-17-12/h5-8,11,15H,2-4,9-10H2,1H3/b8-7+. The minimum atomic E-state index is 0.0300. The van der Waals surface area contributed by atoms with Gasteiger partial charge in [-0.3, -0.25) is 4.79 Å². The quantitative estimate of drug-likeness (QED) is 0.598. The summed E-state index contributed by atoms with van der Waals surface area (Å²) in [6.45, 7) is 0.976. The van der Waals surface area contributed by atoms with E-state index in [9.17, 15) is 4.79 Å². The number of nitrogens with zero attached hydrogens (tertiary/aromatic N) is 1. The molecule has 3 nitrogen and oxygen atoms in total. The van der Waals surface area contributed by atoms with E-state index in [0.29, 0.717) is 0 Å². The van der Waals surface area contributed by atoms with Crippen molar-refractivity contribution >= 4 is 23.3 Å². The van der Waals surface area contributed by atoms with Gasteiger partial charge in [-0.2, -0.15) is 0 Å². The van der Waals surface area contributed by atoms with E-state index in [1.807, 2.05) is 23.6 Å². The molecule has 0 aliphatic carbocycles. The Morgan fingerprint density at radius 2 is 2.29 bits per heavy atom. The van der Waals surface area contributed by atoms with Crippen molar-refractivity contribution in [2.75, 3.05) is 20.2 Å². The molecule has 4 heteroatoms. The molecule has 0 saturated carbocycles. The average molecular weight is 253 g/mol. The van der Waals surface area contributed by atoms with Crippen molar-refractivity contribution in [1.29, 1.82) is 0 Å². The Bertz CT molecular complexity index is 346. The van der Waals surface area contributed by atoms with Crippen LogP contribution in [0.5, 0.6) is 0 Å². The molecule has 0 aromatic carbocycles. The SMILES string of the molecule is CN(CCCCCO)C(=O)/C=C/c1cccs1. The molecule has 0 aliphatic rings. The highest BCUT2D eigenvalue weighted by atomic mass is 32.1. The second-order valence-electron chi connectivity index (χ2n) is 3.89. The number of unbranched alkanes of at least 4 members (excludes halogenated alkanes) is 2. The highest BCUT2D eigenvalue weighted by Gasteiger charge is 2.03. The van der Waals surface area contributed by atoms with Gasteiger partial charge in [-0.25, -0.2) is 0 Å². The lowest BCUT2D eigenvalue weighted by molar-refractivity contribution is -0.124. The highest BCUT2D eigenvalue weighted by molar-refractivity contribution is 7.10. The van der Waals surface area contributed by atoms with E-state index in [4.69, 9.17) is 5.11 Å². The van der Waals surface area contributed by atoms with Gasteiger partial charge in [0.1, 0.15) is 0 Å². The maximum atomic E-state index is 11.7. The van der Waals surface area contributed by atoms with Gasteiger partial charge >= 0.3 is 0 Å². The molecule has 0 atom stereocenters. The zero-order valence-corrected chi connectivity index (χ0v) is 10.9. The first-order chi connectivity index (χ1) is 8.24. The third-order valence-corrected chi connectivity index (χ3v) is 3.30. The van der Waals surface area contributed by atoms with Crippen LogP contribution in [0.4, 0.5) is 0 Å². The maximum absolute atomic E-state index is 11.7. The van der Waals surface area contributed by atoms with Gasteiger partial charge in [0.25, 0.3) is 0 Å². The summed E-state index contributed by atoms with van der Waals surface area (Å²) in [5.41, 5.74) is 0. The zero-order chi connectivity index (χ0) is 12.5. The minimum Gasteiger partial charge on any atom is -0.396 e. The van der Waals surface area contributed by atoms with Crippen LogP contribution in [-0.2, 0) is 4.79 Å². The number of likely N-dealkylation sites (N-methyl/N-ethyl adjacent to an activating group) is 1. The van der Waals surface area contributed by atoms with Crippen molar-refractivity contribution in [3.63, 3.8) is 0 Å². The smallest absolute Gasteiger partial charge is 0.246 e. The van der Waals surface area contributed by atoms with Crippen LogP contribution in [0.3, 0.4) is 0 Å². The summed E-state index contributed by atoms with van der Waals surface area (Å²) in [6.07, 6.45) is 6.17. The number of hydrogen-bond acceptors (Lipinski definition) is 3.